The Labute approximate surface area is 126 Å². The normalized spacial score (nSPS) is 11.7. The van der Waals surface area contributed by atoms with Crippen molar-refractivity contribution in [2.45, 2.75) is 46.1 Å². The summed E-state index contributed by atoms with van der Waals surface area (Å²) in [5.74, 6) is 2.29. The molecule has 0 aliphatic carbocycles. The molecule has 0 fully saturated rings. The molecular formula is C16H24N4O. The van der Waals surface area contributed by atoms with E-state index in [0.717, 1.165) is 30.0 Å². The zero-order valence-corrected chi connectivity index (χ0v) is 13.5. The van der Waals surface area contributed by atoms with Gasteiger partial charge in [0.1, 0.15) is 17.3 Å². The van der Waals surface area contributed by atoms with Crippen molar-refractivity contribution in [3.8, 4) is 17.1 Å². The van der Waals surface area contributed by atoms with Gasteiger partial charge in [-0.1, -0.05) is 27.7 Å². The fourth-order valence-electron chi connectivity index (χ4n) is 2.34. The Kier molecular flexibility index (Phi) is 4.21. The van der Waals surface area contributed by atoms with Crippen LogP contribution in [0.4, 0.5) is 5.82 Å². The summed E-state index contributed by atoms with van der Waals surface area (Å²) in [5, 5.41) is 0. The van der Waals surface area contributed by atoms with Crippen LogP contribution in [0.3, 0.4) is 0 Å². The smallest absolute Gasteiger partial charge is 0.212 e. The van der Waals surface area contributed by atoms with E-state index in [9.17, 15) is 0 Å². The van der Waals surface area contributed by atoms with Crippen molar-refractivity contribution in [2.75, 3.05) is 12.8 Å². The van der Waals surface area contributed by atoms with Crippen LogP contribution in [-0.2, 0) is 12.0 Å². The second kappa shape index (κ2) is 5.76. The summed E-state index contributed by atoms with van der Waals surface area (Å²) in [6.07, 6.45) is 2.77. The predicted octanol–water partition coefficient (Wildman–Crippen LogP) is 3.24. The van der Waals surface area contributed by atoms with Crippen LogP contribution in [0.15, 0.2) is 18.3 Å². The minimum absolute atomic E-state index is 0.0541. The number of nitrogens with two attached hydrogens (primary N) is 1. The Balaban J connectivity index is 2.53. The lowest BCUT2D eigenvalue weighted by molar-refractivity contribution is 0.398. The van der Waals surface area contributed by atoms with E-state index in [2.05, 4.69) is 37.2 Å². The van der Waals surface area contributed by atoms with Gasteiger partial charge in [-0.15, -0.1) is 0 Å². The summed E-state index contributed by atoms with van der Waals surface area (Å²) in [6.45, 7) is 9.46. The van der Waals surface area contributed by atoms with Crippen LogP contribution in [0.2, 0.25) is 0 Å². The van der Waals surface area contributed by atoms with E-state index in [1.165, 1.54) is 0 Å². The molecule has 2 rings (SSSR count). The maximum absolute atomic E-state index is 6.33. The molecule has 2 heterocycles. The molecule has 114 valence electrons. The fraction of sp³-hybridized carbons (Fsp3) is 0.500. The van der Waals surface area contributed by atoms with Crippen molar-refractivity contribution in [2.24, 2.45) is 0 Å². The summed E-state index contributed by atoms with van der Waals surface area (Å²) in [5.41, 5.74) is 7.98. The molecule has 0 radical (unpaired) electrons. The molecular weight excluding hydrogens is 264 g/mol. The molecule has 2 N–H and O–H groups in total. The molecule has 0 saturated heterocycles. The molecule has 2 aromatic rings. The van der Waals surface area contributed by atoms with E-state index in [0.29, 0.717) is 11.7 Å². The van der Waals surface area contributed by atoms with Gasteiger partial charge in [0, 0.05) is 29.8 Å². The van der Waals surface area contributed by atoms with Gasteiger partial charge in [0.25, 0.3) is 0 Å². The zero-order chi connectivity index (χ0) is 15.6. The van der Waals surface area contributed by atoms with E-state index in [1.807, 2.05) is 12.1 Å². The SMILES string of the molecule is CCCn1c(C(C)(C)C)nc(-c2ccc(OC)nc2)c1N. The van der Waals surface area contributed by atoms with Crippen molar-refractivity contribution >= 4 is 5.82 Å². The average molecular weight is 288 g/mol. The second-order valence-electron chi connectivity index (χ2n) is 6.16. The van der Waals surface area contributed by atoms with Crippen molar-refractivity contribution in [3.05, 3.63) is 24.2 Å². The Morgan fingerprint density at radius 2 is 2.00 bits per heavy atom. The topological polar surface area (TPSA) is 66.0 Å². The standard InChI is InChI=1S/C16H24N4O/c1-6-9-20-14(17)13(19-15(20)16(2,3)4)11-7-8-12(21-5)18-10-11/h7-8,10H,6,9,17H2,1-5H3. The summed E-state index contributed by atoms with van der Waals surface area (Å²) in [7, 11) is 1.60. The number of rotatable bonds is 4. The number of hydrogen-bond donors (Lipinski definition) is 1. The molecule has 0 bridgehead atoms. The number of nitrogens with zero attached hydrogens (tertiary/aromatic N) is 3. The monoisotopic (exact) mass is 288 g/mol. The third-order valence-corrected chi connectivity index (χ3v) is 3.34. The van der Waals surface area contributed by atoms with E-state index >= 15 is 0 Å². The Hall–Kier alpha value is -2.04. The number of aromatic nitrogens is 3. The van der Waals surface area contributed by atoms with E-state index in [4.69, 9.17) is 15.5 Å². The van der Waals surface area contributed by atoms with Crippen LogP contribution >= 0.6 is 0 Å². The van der Waals surface area contributed by atoms with E-state index in [1.54, 1.807) is 13.3 Å². The number of imidazole rings is 1. The van der Waals surface area contributed by atoms with E-state index < -0.39 is 0 Å². The second-order valence-corrected chi connectivity index (χ2v) is 6.16. The highest BCUT2D eigenvalue weighted by molar-refractivity contribution is 5.70. The highest BCUT2D eigenvalue weighted by atomic mass is 16.5. The number of methoxy groups -OCH3 is 1. The Morgan fingerprint density at radius 1 is 1.29 bits per heavy atom. The third-order valence-electron chi connectivity index (χ3n) is 3.34. The number of hydrogen-bond acceptors (Lipinski definition) is 4. The molecule has 2 aromatic heterocycles. The molecule has 0 amide bonds. The van der Waals surface area contributed by atoms with Crippen LogP contribution in [-0.4, -0.2) is 21.6 Å². The minimum Gasteiger partial charge on any atom is -0.481 e. The Morgan fingerprint density at radius 3 is 2.48 bits per heavy atom. The molecule has 0 spiro atoms. The Bertz CT molecular complexity index is 608. The third kappa shape index (κ3) is 3.01. The van der Waals surface area contributed by atoms with Crippen molar-refractivity contribution in [1.29, 1.82) is 0 Å². The first-order valence-electron chi connectivity index (χ1n) is 7.25. The maximum atomic E-state index is 6.33. The summed E-state index contributed by atoms with van der Waals surface area (Å²) >= 11 is 0. The van der Waals surface area contributed by atoms with Crippen LogP contribution in [0, 0.1) is 0 Å². The molecule has 0 saturated carbocycles. The molecule has 0 aliphatic heterocycles. The van der Waals surface area contributed by atoms with Gasteiger partial charge >= 0.3 is 0 Å². The predicted molar refractivity (Wildman–Crippen MR) is 85.4 cm³/mol. The fourth-order valence-corrected chi connectivity index (χ4v) is 2.34. The minimum atomic E-state index is -0.0541. The molecule has 5 heteroatoms. The van der Waals surface area contributed by atoms with Gasteiger partial charge in [-0.25, -0.2) is 9.97 Å². The molecule has 0 unspecified atom stereocenters. The summed E-state index contributed by atoms with van der Waals surface area (Å²) in [6, 6.07) is 3.76. The van der Waals surface area contributed by atoms with Gasteiger partial charge in [0.05, 0.1) is 7.11 Å². The zero-order valence-electron chi connectivity index (χ0n) is 13.5. The first kappa shape index (κ1) is 15.4. The van der Waals surface area contributed by atoms with Crippen LogP contribution in [0.1, 0.15) is 39.9 Å². The first-order valence-corrected chi connectivity index (χ1v) is 7.25. The first-order chi connectivity index (χ1) is 9.88. The van der Waals surface area contributed by atoms with Crippen LogP contribution in [0.5, 0.6) is 5.88 Å². The largest absolute Gasteiger partial charge is 0.481 e. The lowest BCUT2D eigenvalue weighted by Gasteiger charge is -2.19. The summed E-state index contributed by atoms with van der Waals surface area (Å²) in [4.78, 5) is 9.02. The van der Waals surface area contributed by atoms with Crippen molar-refractivity contribution in [1.82, 2.24) is 14.5 Å². The van der Waals surface area contributed by atoms with Crippen molar-refractivity contribution < 1.29 is 4.74 Å². The summed E-state index contributed by atoms with van der Waals surface area (Å²) < 4.78 is 7.20. The van der Waals surface area contributed by atoms with Gasteiger partial charge < -0.3 is 15.0 Å². The molecule has 5 nitrogen and oxygen atoms in total. The molecule has 21 heavy (non-hydrogen) atoms. The number of ether oxygens (including phenoxy) is 1. The molecule has 0 aromatic carbocycles. The highest BCUT2D eigenvalue weighted by Gasteiger charge is 2.25. The van der Waals surface area contributed by atoms with E-state index in [-0.39, 0.29) is 5.41 Å². The van der Waals surface area contributed by atoms with Gasteiger partial charge in [-0.05, 0) is 12.5 Å². The van der Waals surface area contributed by atoms with Crippen molar-refractivity contribution in [3.63, 3.8) is 0 Å². The highest BCUT2D eigenvalue weighted by Crippen LogP contribution is 2.32. The lowest BCUT2D eigenvalue weighted by Crippen LogP contribution is -2.19. The average Bonchev–Trinajstić information content (AvgIpc) is 2.77. The van der Waals surface area contributed by atoms with Gasteiger partial charge in [-0.3, -0.25) is 0 Å². The van der Waals surface area contributed by atoms with Gasteiger partial charge in [0.2, 0.25) is 5.88 Å². The van der Waals surface area contributed by atoms with Gasteiger partial charge in [0.15, 0.2) is 0 Å². The molecule has 0 aliphatic rings. The van der Waals surface area contributed by atoms with Crippen LogP contribution < -0.4 is 10.5 Å². The molecule has 0 atom stereocenters. The maximum Gasteiger partial charge on any atom is 0.212 e. The lowest BCUT2D eigenvalue weighted by atomic mass is 9.95. The number of anilines is 1. The van der Waals surface area contributed by atoms with Gasteiger partial charge in [-0.2, -0.15) is 0 Å². The van der Waals surface area contributed by atoms with Crippen LogP contribution in [0.25, 0.3) is 11.3 Å². The quantitative estimate of drug-likeness (QED) is 0.938. The number of nitrogen functional groups attached to an aromatic ring is 1. The number of pyridine rings is 1.